The van der Waals surface area contributed by atoms with Crippen LogP contribution in [-0.4, -0.2) is 44.7 Å². The number of benzene rings is 1. The Morgan fingerprint density at radius 2 is 2.12 bits per heavy atom. The number of aromatic nitrogens is 3. The SMILES string of the molecule is CCCc1nc(C(=O)N2CC(CN)CC2C)nn1-c1ccccc1Cl.Cl. The maximum atomic E-state index is 12.9. The summed E-state index contributed by atoms with van der Waals surface area (Å²) >= 11 is 6.31. The van der Waals surface area contributed by atoms with Crippen LogP contribution in [0, 0.1) is 5.92 Å². The van der Waals surface area contributed by atoms with E-state index in [0.717, 1.165) is 30.8 Å². The van der Waals surface area contributed by atoms with Gasteiger partial charge in [-0.1, -0.05) is 30.7 Å². The number of para-hydroxylation sites is 1. The van der Waals surface area contributed by atoms with Gasteiger partial charge in [-0.15, -0.1) is 17.5 Å². The monoisotopic (exact) mass is 397 g/mol. The molecule has 0 spiro atoms. The van der Waals surface area contributed by atoms with Crippen molar-refractivity contribution in [3.05, 3.63) is 40.9 Å². The first-order valence-electron chi connectivity index (χ1n) is 8.77. The molecule has 2 unspecified atom stereocenters. The molecule has 1 aliphatic rings. The number of halogens is 2. The number of rotatable bonds is 5. The van der Waals surface area contributed by atoms with E-state index in [-0.39, 0.29) is 30.2 Å². The summed E-state index contributed by atoms with van der Waals surface area (Å²) in [4.78, 5) is 19.3. The first kappa shape index (κ1) is 20.7. The van der Waals surface area contributed by atoms with Crippen molar-refractivity contribution >= 4 is 29.9 Å². The number of aryl methyl sites for hydroxylation is 1. The van der Waals surface area contributed by atoms with Crippen molar-refractivity contribution in [2.45, 2.75) is 39.2 Å². The van der Waals surface area contributed by atoms with Crippen molar-refractivity contribution in [1.82, 2.24) is 19.7 Å². The largest absolute Gasteiger partial charge is 0.333 e. The van der Waals surface area contributed by atoms with E-state index in [0.29, 0.717) is 24.0 Å². The number of amides is 1. The Morgan fingerprint density at radius 3 is 2.73 bits per heavy atom. The lowest BCUT2D eigenvalue weighted by Crippen LogP contribution is -2.35. The molecule has 1 aromatic carbocycles. The van der Waals surface area contributed by atoms with E-state index in [1.165, 1.54) is 0 Å². The molecule has 3 rings (SSSR count). The lowest BCUT2D eigenvalue weighted by molar-refractivity contribution is 0.0731. The molecule has 0 radical (unpaired) electrons. The zero-order valence-corrected chi connectivity index (χ0v) is 16.6. The molecule has 26 heavy (non-hydrogen) atoms. The molecule has 1 amide bonds. The van der Waals surface area contributed by atoms with Gasteiger partial charge in [-0.2, -0.15) is 0 Å². The fourth-order valence-corrected chi connectivity index (χ4v) is 3.58. The molecule has 1 fully saturated rings. The summed E-state index contributed by atoms with van der Waals surface area (Å²) in [6, 6.07) is 7.61. The molecule has 0 bridgehead atoms. The van der Waals surface area contributed by atoms with Gasteiger partial charge in [-0.3, -0.25) is 4.79 Å². The van der Waals surface area contributed by atoms with Crippen molar-refractivity contribution in [3.63, 3.8) is 0 Å². The third kappa shape index (κ3) is 4.03. The molecule has 1 saturated heterocycles. The minimum atomic E-state index is -0.133. The average molecular weight is 398 g/mol. The van der Waals surface area contributed by atoms with E-state index in [1.807, 2.05) is 36.1 Å². The second-order valence-electron chi connectivity index (χ2n) is 6.61. The minimum Gasteiger partial charge on any atom is -0.333 e. The summed E-state index contributed by atoms with van der Waals surface area (Å²) in [7, 11) is 0. The van der Waals surface area contributed by atoms with Crippen molar-refractivity contribution in [3.8, 4) is 5.69 Å². The van der Waals surface area contributed by atoms with Crippen molar-refractivity contribution in [2.24, 2.45) is 11.7 Å². The predicted molar refractivity (Wildman–Crippen MR) is 105 cm³/mol. The number of nitrogens with zero attached hydrogens (tertiary/aromatic N) is 4. The maximum Gasteiger partial charge on any atom is 0.293 e. The molecule has 1 aliphatic heterocycles. The molecule has 2 aromatic rings. The summed E-state index contributed by atoms with van der Waals surface area (Å²) in [6.45, 7) is 5.38. The normalized spacial score (nSPS) is 19.5. The average Bonchev–Trinajstić information content (AvgIpc) is 3.19. The van der Waals surface area contributed by atoms with Crippen molar-refractivity contribution < 1.29 is 4.79 Å². The Kier molecular flexibility index (Phi) is 7.03. The molecule has 2 heterocycles. The Balaban J connectivity index is 0.00000243. The third-order valence-corrected chi connectivity index (χ3v) is 4.99. The van der Waals surface area contributed by atoms with Crippen LogP contribution >= 0.6 is 24.0 Å². The molecule has 0 saturated carbocycles. The molecule has 6 nitrogen and oxygen atoms in total. The second kappa shape index (κ2) is 8.84. The van der Waals surface area contributed by atoms with Gasteiger partial charge >= 0.3 is 0 Å². The first-order valence-corrected chi connectivity index (χ1v) is 9.14. The smallest absolute Gasteiger partial charge is 0.293 e. The molecule has 0 aliphatic carbocycles. The number of nitrogens with two attached hydrogens (primary N) is 1. The van der Waals surface area contributed by atoms with Gasteiger partial charge in [-0.25, -0.2) is 9.67 Å². The minimum absolute atomic E-state index is 0. The van der Waals surface area contributed by atoms with Crippen molar-refractivity contribution in [2.75, 3.05) is 13.1 Å². The number of likely N-dealkylation sites (tertiary alicyclic amines) is 1. The summed E-state index contributed by atoms with van der Waals surface area (Å²) in [6.07, 6.45) is 2.56. The Labute approximate surface area is 165 Å². The fraction of sp³-hybridized carbons (Fsp3) is 0.500. The molecule has 2 N–H and O–H groups in total. The van der Waals surface area contributed by atoms with E-state index in [2.05, 4.69) is 17.0 Å². The zero-order chi connectivity index (χ0) is 18.0. The second-order valence-corrected chi connectivity index (χ2v) is 7.02. The molecule has 142 valence electrons. The van der Waals surface area contributed by atoms with Crippen LogP contribution in [0.4, 0.5) is 0 Å². The fourth-order valence-electron chi connectivity index (χ4n) is 3.36. The highest BCUT2D eigenvalue weighted by atomic mass is 35.5. The Bertz CT molecular complexity index is 764. The van der Waals surface area contributed by atoms with Crippen LogP contribution in [0.3, 0.4) is 0 Å². The Morgan fingerprint density at radius 1 is 1.38 bits per heavy atom. The summed E-state index contributed by atoms with van der Waals surface area (Å²) in [5.41, 5.74) is 6.51. The van der Waals surface area contributed by atoms with Crippen LogP contribution in [0.2, 0.25) is 5.02 Å². The van der Waals surface area contributed by atoms with Gasteiger partial charge in [0.05, 0.1) is 10.7 Å². The lowest BCUT2D eigenvalue weighted by Gasteiger charge is -2.19. The number of hydrogen-bond acceptors (Lipinski definition) is 4. The highest BCUT2D eigenvalue weighted by molar-refractivity contribution is 6.32. The highest BCUT2D eigenvalue weighted by Crippen LogP contribution is 2.25. The summed E-state index contributed by atoms with van der Waals surface area (Å²) in [5, 5.41) is 5.07. The van der Waals surface area contributed by atoms with Crippen LogP contribution < -0.4 is 5.73 Å². The van der Waals surface area contributed by atoms with Gasteiger partial charge in [0.15, 0.2) is 0 Å². The Hall–Kier alpha value is -1.63. The number of hydrogen-bond donors (Lipinski definition) is 1. The van der Waals surface area contributed by atoms with Crippen molar-refractivity contribution in [1.29, 1.82) is 0 Å². The van der Waals surface area contributed by atoms with Crippen LogP contribution in [0.15, 0.2) is 24.3 Å². The lowest BCUT2D eigenvalue weighted by atomic mass is 10.1. The third-order valence-electron chi connectivity index (χ3n) is 4.68. The van der Waals surface area contributed by atoms with Gasteiger partial charge in [0.1, 0.15) is 5.82 Å². The van der Waals surface area contributed by atoms with E-state index in [4.69, 9.17) is 17.3 Å². The standard InChI is InChI=1S/C18H24ClN5O.ClH/c1-3-6-16-21-17(18(25)23-11-13(10-20)9-12(23)2)22-24(16)15-8-5-4-7-14(15)19;/h4-5,7-8,12-13H,3,6,9-11,20H2,1-2H3;1H. The van der Waals surface area contributed by atoms with Gasteiger partial charge in [0.25, 0.3) is 5.91 Å². The quantitative estimate of drug-likeness (QED) is 0.840. The van der Waals surface area contributed by atoms with Gasteiger partial charge < -0.3 is 10.6 Å². The van der Waals surface area contributed by atoms with Crippen LogP contribution in [0.1, 0.15) is 43.1 Å². The first-order chi connectivity index (χ1) is 12.0. The van der Waals surface area contributed by atoms with E-state index < -0.39 is 0 Å². The molecule has 8 heteroatoms. The van der Waals surface area contributed by atoms with Crippen LogP contribution in [-0.2, 0) is 6.42 Å². The molecular formula is C18H25Cl2N5O. The molecule has 1 aromatic heterocycles. The highest BCUT2D eigenvalue weighted by Gasteiger charge is 2.34. The van der Waals surface area contributed by atoms with E-state index in [1.54, 1.807) is 4.68 Å². The van der Waals surface area contributed by atoms with E-state index in [9.17, 15) is 4.79 Å². The van der Waals surface area contributed by atoms with Crippen LogP contribution in [0.5, 0.6) is 0 Å². The predicted octanol–water partition coefficient (Wildman–Crippen LogP) is 3.10. The van der Waals surface area contributed by atoms with Gasteiger partial charge in [-0.05, 0) is 44.4 Å². The van der Waals surface area contributed by atoms with E-state index >= 15 is 0 Å². The zero-order valence-electron chi connectivity index (χ0n) is 15.1. The number of carbonyl (C=O) groups is 1. The summed E-state index contributed by atoms with van der Waals surface area (Å²) in [5.74, 6) is 1.19. The summed E-state index contributed by atoms with van der Waals surface area (Å²) < 4.78 is 1.69. The van der Waals surface area contributed by atoms with Gasteiger partial charge in [0.2, 0.25) is 5.82 Å². The van der Waals surface area contributed by atoms with Crippen LogP contribution in [0.25, 0.3) is 5.69 Å². The topological polar surface area (TPSA) is 77.0 Å². The molecule has 2 atom stereocenters. The molecular weight excluding hydrogens is 373 g/mol. The maximum absolute atomic E-state index is 12.9. The van der Waals surface area contributed by atoms with Gasteiger partial charge in [0, 0.05) is 19.0 Å². The number of carbonyl (C=O) groups excluding carboxylic acids is 1.